The second-order valence-corrected chi connectivity index (χ2v) is 5.28. The van der Waals surface area contributed by atoms with Crippen LogP contribution in [-0.2, 0) is 0 Å². The van der Waals surface area contributed by atoms with E-state index in [9.17, 15) is 0 Å². The van der Waals surface area contributed by atoms with E-state index >= 15 is 0 Å². The van der Waals surface area contributed by atoms with Crippen molar-refractivity contribution in [3.63, 3.8) is 0 Å². The van der Waals surface area contributed by atoms with Crippen molar-refractivity contribution in [2.45, 2.75) is 66.2 Å². The molecule has 1 unspecified atom stereocenters. The Morgan fingerprint density at radius 1 is 1.43 bits per heavy atom. The van der Waals surface area contributed by atoms with E-state index in [0.717, 1.165) is 5.92 Å². The molecule has 0 heteroatoms. The Bertz CT molecular complexity index is 202. The van der Waals surface area contributed by atoms with Crippen LogP contribution >= 0.6 is 0 Å². The van der Waals surface area contributed by atoms with Crippen molar-refractivity contribution in [2.75, 3.05) is 0 Å². The van der Waals surface area contributed by atoms with Crippen LogP contribution < -0.4 is 0 Å². The predicted octanol–water partition coefficient (Wildman–Crippen LogP) is 4.95. The number of hydrogen-bond acceptors (Lipinski definition) is 0. The second kappa shape index (κ2) is 5.00. The van der Waals surface area contributed by atoms with Crippen LogP contribution in [0.2, 0.25) is 0 Å². The Labute approximate surface area is 89.8 Å². The minimum atomic E-state index is 0.579. The van der Waals surface area contributed by atoms with Gasteiger partial charge in [-0.15, -0.1) is 0 Å². The highest BCUT2D eigenvalue weighted by Gasteiger charge is 2.31. The van der Waals surface area contributed by atoms with Gasteiger partial charge in [0, 0.05) is 0 Å². The van der Waals surface area contributed by atoms with E-state index in [4.69, 9.17) is 0 Å². The van der Waals surface area contributed by atoms with Gasteiger partial charge in [0.2, 0.25) is 0 Å². The van der Waals surface area contributed by atoms with Gasteiger partial charge in [0.15, 0.2) is 0 Å². The number of hydrogen-bond donors (Lipinski definition) is 0. The highest BCUT2D eigenvalue weighted by atomic mass is 14.4. The van der Waals surface area contributed by atoms with Crippen LogP contribution in [0, 0.1) is 11.3 Å². The summed E-state index contributed by atoms with van der Waals surface area (Å²) >= 11 is 0. The SMILES string of the molecule is CCCCC1=CC[C@@](C)(CC)C(C)C1. The van der Waals surface area contributed by atoms with E-state index in [2.05, 4.69) is 33.8 Å². The quantitative estimate of drug-likeness (QED) is 0.555. The van der Waals surface area contributed by atoms with Gasteiger partial charge in [-0.1, -0.05) is 52.2 Å². The standard InChI is InChI=1S/C14H26/c1-5-7-8-13-9-10-14(4,6-2)12(3)11-13/h9,12H,5-8,10-11H2,1-4H3/t12?,14-/m1/s1. The normalized spacial score (nSPS) is 32.9. The molecule has 0 amide bonds. The molecule has 0 aromatic rings. The fourth-order valence-electron chi connectivity index (χ4n) is 2.40. The van der Waals surface area contributed by atoms with Crippen LogP contribution in [0.5, 0.6) is 0 Å². The third kappa shape index (κ3) is 2.62. The highest BCUT2D eigenvalue weighted by Crippen LogP contribution is 2.43. The Morgan fingerprint density at radius 3 is 2.64 bits per heavy atom. The van der Waals surface area contributed by atoms with Gasteiger partial charge < -0.3 is 0 Å². The minimum Gasteiger partial charge on any atom is -0.0848 e. The first kappa shape index (κ1) is 11.8. The zero-order valence-corrected chi connectivity index (χ0v) is 10.4. The fraction of sp³-hybridized carbons (Fsp3) is 0.857. The van der Waals surface area contributed by atoms with Crippen molar-refractivity contribution < 1.29 is 0 Å². The van der Waals surface area contributed by atoms with Crippen LogP contribution in [0.3, 0.4) is 0 Å². The molecule has 0 aromatic heterocycles. The molecule has 82 valence electrons. The lowest BCUT2D eigenvalue weighted by Crippen LogP contribution is -2.27. The van der Waals surface area contributed by atoms with Crippen LogP contribution in [-0.4, -0.2) is 0 Å². The van der Waals surface area contributed by atoms with Gasteiger partial charge in [0.05, 0.1) is 0 Å². The third-order valence-corrected chi connectivity index (χ3v) is 4.27. The molecule has 0 spiro atoms. The van der Waals surface area contributed by atoms with Crippen molar-refractivity contribution in [1.29, 1.82) is 0 Å². The maximum atomic E-state index is 2.53. The van der Waals surface area contributed by atoms with Crippen molar-refractivity contribution >= 4 is 0 Å². The zero-order chi connectivity index (χ0) is 10.6. The monoisotopic (exact) mass is 194 g/mol. The maximum absolute atomic E-state index is 2.53. The fourth-order valence-corrected chi connectivity index (χ4v) is 2.40. The Balaban J connectivity index is 2.54. The molecule has 0 saturated heterocycles. The molecule has 0 saturated carbocycles. The lowest BCUT2D eigenvalue weighted by atomic mass is 9.67. The van der Waals surface area contributed by atoms with E-state index < -0.39 is 0 Å². The average Bonchev–Trinajstić information content (AvgIpc) is 2.20. The van der Waals surface area contributed by atoms with Gasteiger partial charge in [0.1, 0.15) is 0 Å². The summed E-state index contributed by atoms with van der Waals surface area (Å²) < 4.78 is 0. The first-order chi connectivity index (χ1) is 6.62. The molecule has 0 heterocycles. The summed E-state index contributed by atoms with van der Waals surface area (Å²) in [6, 6.07) is 0. The highest BCUT2D eigenvalue weighted by molar-refractivity contribution is 5.10. The summed E-state index contributed by atoms with van der Waals surface area (Å²) in [6.45, 7) is 9.50. The minimum absolute atomic E-state index is 0.579. The Morgan fingerprint density at radius 2 is 2.14 bits per heavy atom. The summed E-state index contributed by atoms with van der Waals surface area (Å²) in [5, 5.41) is 0. The molecule has 0 aliphatic heterocycles. The van der Waals surface area contributed by atoms with Gasteiger partial charge in [-0.2, -0.15) is 0 Å². The van der Waals surface area contributed by atoms with Gasteiger partial charge in [-0.3, -0.25) is 0 Å². The molecular weight excluding hydrogens is 168 g/mol. The molecule has 1 rings (SSSR count). The third-order valence-electron chi connectivity index (χ3n) is 4.27. The smallest absolute Gasteiger partial charge is 0.0265 e. The number of rotatable bonds is 4. The van der Waals surface area contributed by atoms with Crippen molar-refractivity contribution in [3.05, 3.63) is 11.6 Å². The van der Waals surface area contributed by atoms with Gasteiger partial charge >= 0.3 is 0 Å². The Hall–Kier alpha value is -0.260. The summed E-state index contributed by atoms with van der Waals surface area (Å²) in [6.07, 6.45) is 10.6. The molecular formula is C14H26. The van der Waals surface area contributed by atoms with E-state index in [1.807, 2.05) is 0 Å². The van der Waals surface area contributed by atoms with Crippen molar-refractivity contribution in [1.82, 2.24) is 0 Å². The van der Waals surface area contributed by atoms with Crippen molar-refractivity contribution in [2.24, 2.45) is 11.3 Å². The molecule has 0 nitrogen and oxygen atoms in total. The molecule has 0 N–H and O–H groups in total. The van der Waals surface area contributed by atoms with E-state index in [-0.39, 0.29) is 0 Å². The van der Waals surface area contributed by atoms with Crippen LogP contribution in [0.15, 0.2) is 11.6 Å². The molecule has 0 fully saturated rings. The maximum Gasteiger partial charge on any atom is -0.0265 e. The summed E-state index contributed by atoms with van der Waals surface area (Å²) in [7, 11) is 0. The number of allylic oxidation sites excluding steroid dienone is 2. The number of unbranched alkanes of at least 4 members (excludes halogenated alkanes) is 1. The molecule has 0 radical (unpaired) electrons. The van der Waals surface area contributed by atoms with E-state index in [1.54, 1.807) is 5.57 Å². The van der Waals surface area contributed by atoms with Gasteiger partial charge in [-0.05, 0) is 37.0 Å². The Kier molecular flexibility index (Phi) is 4.22. The summed E-state index contributed by atoms with van der Waals surface area (Å²) in [5.41, 5.74) is 2.31. The molecule has 14 heavy (non-hydrogen) atoms. The average molecular weight is 194 g/mol. The molecule has 1 aliphatic rings. The van der Waals surface area contributed by atoms with Crippen molar-refractivity contribution in [3.8, 4) is 0 Å². The largest absolute Gasteiger partial charge is 0.0848 e. The summed E-state index contributed by atoms with van der Waals surface area (Å²) in [5.74, 6) is 0.879. The lowest BCUT2D eigenvalue weighted by molar-refractivity contribution is 0.180. The molecule has 0 aromatic carbocycles. The van der Waals surface area contributed by atoms with Crippen LogP contribution in [0.4, 0.5) is 0 Å². The van der Waals surface area contributed by atoms with Crippen LogP contribution in [0.1, 0.15) is 66.2 Å². The zero-order valence-electron chi connectivity index (χ0n) is 10.4. The lowest BCUT2D eigenvalue weighted by Gasteiger charge is -2.38. The first-order valence-electron chi connectivity index (χ1n) is 6.30. The van der Waals surface area contributed by atoms with Gasteiger partial charge in [-0.25, -0.2) is 0 Å². The first-order valence-corrected chi connectivity index (χ1v) is 6.30. The summed E-state index contributed by atoms with van der Waals surface area (Å²) in [4.78, 5) is 0. The van der Waals surface area contributed by atoms with Crippen LogP contribution in [0.25, 0.3) is 0 Å². The molecule has 2 atom stereocenters. The second-order valence-electron chi connectivity index (χ2n) is 5.28. The van der Waals surface area contributed by atoms with E-state index in [1.165, 1.54) is 38.5 Å². The predicted molar refractivity (Wildman–Crippen MR) is 64.4 cm³/mol. The van der Waals surface area contributed by atoms with E-state index in [0.29, 0.717) is 5.41 Å². The van der Waals surface area contributed by atoms with Gasteiger partial charge in [0.25, 0.3) is 0 Å². The molecule has 0 bridgehead atoms. The topological polar surface area (TPSA) is 0 Å². The molecule has 1 aliphatic carbocycles.